The van der Waals surface area contributed by atoms with Crippen LogP contribution in [0.4, 0.5) is 0 Å². The second-order valence-corrected chi connectivity index (χ2v) is 9.05. The predicted molar refractivity (Wildman–Crippen MR) is 123 cm³/mol. The summed E-state index contributed by atoms with van der Waals surface area (Å²) >= 11 is 8.08. The number of aromatic nitrogens is 3. The van der Waals surface area contributed by atoms with Crippen LogP contribution in [0.1, 0.15) is 5.82 Å². The number of amides is 1. The lowest BCUT2D eigenvalue weighted by Crippen LogP contribution is -2.22. The average molecular weight is 435 g/mol. The quantitative estimate of drug-likeness (QED) is 0.336. The van der Waals surface area contributed by atoms with Crippen LogP contribution < -0.4 is 0 Å². The number of thioether (sulfide) groups is 1. The third-order valence-corrected chi connectivity index (χ3v) is 7.00. The molecule has 0 atom stereocenters. The van der Waals surface area contributed by atoms with Crippen LogP contribution in [0.2, 0.25) is 0 Å². The molecule has 1 fully saturated rings. The Bertz CT molecular complexity index is 1280. The molecular weight excluding hydrogens is 420 g/mol. The summed E-state index contributed by atoms with van der Waals surface area (Å²) < 4.78 is 2.53. The van der Waals surface area contributed by atoms with Gasteiger partial charge < -0.3 is 0 Å². The first-order chi connectivity index (χ1) is 14.1. The number of hydrogen-bond acceptors (Lipinski definition) is 6. The number of likely N-dealkylation sites (N-methyl/N-ethyl adjacent to an activating group) is 1. The third-order valence-electron chi connectivity index (χ3n) is 4.53. The van der Waals surface area contributed by atoms with Crippen molar-refractivity contribution in [3.8, 4) is 16.3 Å². The Balaban J connectivity index is 1.69. The molecule has 0 unspecified atom stereocenters. The van der Waals surface area contributed by atoms with Gasteiger partial charge in [0.25, 0.3) is 5.91 Å². The monoisotopic (exact) mass is 434 g/mol. The highest BCUT2D eigenvalue weighted by Crippen LogP contribution is 2.35. The number of thiazole rings is 1. The molecule has 1 amide bonds. The van der Waals surface area contributed by atoms with Crippen molar-refractivity contribution in [1.29, 1.82) is 0 Å². The van der Waals surface area contributed by atoms with Crippen molar-refractivity contribution in [3.05, 3.63) is 71.4 Å². The zero-order valence-corrected chi connectivity index (χ0v) is 17.7. The van der Waals surface area contributed by atoms with Gasteiger partial charge in [-0.05, 0) is 12.1 Å². The first-order valence-electron chi connectivity index (χ1n) is 8.83. The standard InChI is InChI=1S/C21H14N4OS3/c1-24-20(26)15(28-21(24)27)12-16-22-19-17(25(16)14-10-6-3-7-11-14)23-18(29-19)13-8-4-2-5-9-13/h2-12H,1H3/b15-12+. The van der Waals surface area contributed by atoms with Gasteiger partial charge in [0.2, 0.25) is 0 Å². The van der Waals surface area contributed by atoms with Crippen molar-refractivity contribution in [2.45, 2.75) is 0 Å². The number of hydrogen-bond donors (Lipinski definition) is 0. The summed E-state index contributed by atoms with van der Waals surface area (Å²) in [5.41, 5.74) is 2.78. The van der Waals surface area contributed by atoms with Crippen molar-refractivity contribution >= 4 is 62.1 Å². The minimum absolute atomic E-state index is 0.107. The van der Waals surface area contributed by atoms with Crippen LogP contribution in [0.3, 0.4) is 0 Å². The Labute approximate surface area is 180 Å². The van der Waals surface area contributed by atoms with Crippen LogP contribution in [0, 0.1) is 0 Å². The lowest BCUT2D eigenvalue weighted by molar-refractivity contribution is -0.121. The molecule has 29 heavy (non-hydrogen) atoms. The van der Waals surface area contributed by atoms with Gasteiger partial charge in [-0.25, -0.2) is 9.97 Å². The molecule has 142 valence electrons. The van der Waals surface area contributed by atoms with E-state index in [9.17, 15) is 4.79 Å². The summed E-state index contributed by atoms with van der Waals surface area (Å²) in [6.07, 6.45) is 1.80. The van der Waals surface area contributed by atoms with E-state index in [1.807, 2.05) is 65.2 Å². The Morgan fingerprint density at radius 2 is 1.69 bits per heavy atom. The fraction of sp³-hybridized carbons (Fsp3) is 0.0476. The fourth-order valence-electron chi connectivity index (χ4n) is 3.08. The SMILES string of the molecule is CN1C(=O)/C(=C\c2nc3sc(-c4ccccc4)nc3n2-c2ccccc2)SC1=S. The molecule has 1 aliphatic rings. The van der Waals surface area contributed by atoms with Gasteiger partial charge in [0.1, 0.15) is 15.2 Å². The van der Waals surface area contributed by atoms with Crippen LogP contribution >= 0.6 is 35.3 Å². The zero-order chi connectivity index (χ0) is 20.0. The molecule has 0 bridgehead atoms. The Hall–Kier alpha value is -2.81. The van der Waals surface area contributed by atoms with E-state index < -0.39 is 0 Å². The summed E-state index contributed by atoms with van der Waals surface area (Å²) in [7, 11) is 1.69. The second-order valence-electron chi connectivity index (χ2n) is 6.40. The predicted octanol–water partition coefficient (Wildman–Crippen LogP) is 4.98. The minimum atomic E-state index is -0.107. The third kappa shape index (κ3) is 3.19. The molecule has 0 spiro atoms. The summed E-state index contributed by atoms with van der Waals surface area (Å²) in [5, 5.41) is 0.916. The maximum atomic E-state index is 12.5. The number of rotatable bonds is 3. The highest BCUT2D eigenvalue weighted by Gasteiger charge is 2.29. The molecule has 0 N–H and O–H groups in total. The molecule has 8 heteroatoms. The smallest absolute Gasteiger partial charge is 0.266 e. The van der Waals surface area contributed by atoms with Crippen molar-refractivity contribution in [3.63, 3.8) is 0 Å². The number of benzene rings is 2. The lowest BCUT2D eigenvalue weighted by atomic mass is 10.2. The van der Waals surface area contributed by atoms with Crippen LogP contribution in [-0.4, -0.2) is 36.7 Å². The van der Waals surface area contributed by atoms with E-state index in [2.05, 4.69) is 0 Å². The Morgan fingerprint density at radius 3 is 2.34 bits per heavy atom. The molecule has 2 aromatic carbocycles. The maximum Gasteiger partial charge on any atom is 0.266 e. The van der Waals surface area contributed by atoms with Gasteiger partial charge in [-0.1, -0.05) is 83.8 Å². The number of fused-ring (bicyclic) bond motifs is 1. The molecule has 1 saturated heterocycles. The largest absolute Gasteiger partial charge is 0.296 e. The lowest BCUT2D eigenvalue weighted by Gasteiger charge is -2.06. The summed E-state index contributed by atoms with van der Waals surface area (Å²) in [6.45, 7) is 0. The van der Waals surface area contributed by atoms with E-state index in [0.717, 1.165) is 26.7 Å². The molecule has 5 rings (SSSR count). The van der Waals surface area contributed by atoms with E-state index in [-0.39, 0.29) is 5.91 Å². The minimum Gasteiger partial charge on any atom is -0.296 e. The number of imidazole rings is 1. The number of nitrogens with zero attached hydrogens (tertiary/aromatic N) is 4. The first-order valence-corrected chi connectivity index (χ1v) is 10.9. The number of carbonyl (C=O) groups excluding carboxylic acids is 1. The molecule has 3 heterocycles. The topological polar surface area (TPSA) is 51.0 Å². The van der Waals surface area contributed by atoms with Crippen molar-refractivity contribution in [2.75, 3.05) is 7.05 Å². The van der Waals surface area contributed by atoms with Crippen molar-refractivity contribution in [2.24, 2.45) is 0 Å². The zero-order valence-electron chi connectivity index (χ0n) is 15.3. The summed E-state index contributed by atoms with van der Waals surface area (Å²) in [4.78, 5) is 25.0. The van der Waals surface area contributed by atoms with Gasteiger partial charge in [-0.3, -0.25) is 14.3 Å². The maximum absolute atomic E-state index is 12.5. The van der Waals surface area contributed by atoms with Crippen molar-refractivity contribution < 1.29 is 4.79 Å². The molecule has 2 aromatic heterocycles. The Morgan fingerprint density at radius 1 is 1.00 bits per heavy atom. The second kappa shape index (κ2) is 7.22. The average Bonchev–Trinajstić information content (AvgIpc) is 3.37. The fourth-order valence-corrected chi connectivity index (χ4v) is 5.17. The first kappa shape index (κ1) is 18.2. The van der Waals surface area contributed by atoms with E-state index >= 15 is 0 Å². The molecular formula is C21H14N4OS3. The van der Waals surface area contributed by atoms with Gasteiger partial charge >= 0.3 is 0 Å². The van der Waals surface area contributed by atoms with Gasteiger partial charge in [0.15, 0.2) is 10.5 Å². The van der Waals surface area contributed by atoms with Crippen LogP contribution in [-0.2, 0) is 4.79 Å². The van der Waals surface area contributed by atoms with Crippen LogP contribution in [0.5, 0.6) is 0 Å². The van der Waals surface area contributed by atoms with Crippen LogP contribution in [0.25, 0.3) is 32.8 Å². The highest BCUT2D eigenvalue weighted by molar-refractivity contribution is 8.26. The number of para-hydroxylation sites is 1. The summed E-state index contributed by atoms with van der Waals surface area (Å²) in [5.74, 6) is 0.558. The van der Waals surface area contributed by atoms with E-state index in [4.69, 9.17) is 22.2 Å². The van der Waals surface area contributed by atoms with E-state index in [1.165, 1.54) is 28.0 Å². The highest BCUT2D eigenvalue weighted by atomic mass is 32.2. The van der Waals surface area contributed by atoms with Crippen molar-refractivity contribution in [1.82, 2.24) is 19.4 Å². The van der Waals surface area contributed by atoms with Gasteiger partial charge in [0, 0.05) is 24.4 Å². The van der Waals surface area contributed by atoms with Crippen LogP contribution in [0.15, 0.2) is 65.6 Å². The molecule has 5 nitrogen and oxygen atoms in total. The molecule has 0 aliphatic carbocycles. The number of carbonyl (C=O) groups is 1. The van der Waals surface area contributed by atoms with Gasteiger partial charge in [0.05, 0.1) is 4.91 Å². The van der Waals surface area contributed by atoms with Gasteiger partial charge in [-0.15, -0.1) is 0 Å². The molecule has 0 saturated carbocycles. The normalized spacial score (nSPS) is 15.8. The van der Waals surface area contributed by atoms with E-state index in [1.54, 1.807) is 13.1 Å². The van der Waals surface area contributed by atoms with E-state index in [0.29, 0.717) is 15.1 Å². The Kier molecular flexibility index (Phi) is 4.54. The molecule has 4 aromatic rings. The summed E-state index contributed by atoms with van der Waals surface area (Å²) in [6, 6.07) is 20.0. The molecule has 0 radical (unpaired) electrons. The van der Waals surface area contributed by atoms with Gasteiger partial charge in [-0.2, -0.15) is 0 Å². The molecule has 1 aliphatic heterocycles. The number of thiocarbonyl (C=S) groups is 1.